The highest BCUT2D eigenvalue weighted by Gasteiger charge is 2.63. The highest BCUT2D eigenvalue weighted by atomic mass is 16.2. The number of allylic oxidation sites excluding steroid dienone is 2. The summed E-state index contributed by atoms with van der Waals surface area (Å²) in [7, 11) is 0. The molecule has 2 aliphatic carbocycles. The second kappa shape index (κ2) is 4.76. The molecule has 1 aliphatic heterocycles. The topological polar surface area (TPSA) is 50.3 Å². The summed E-state index contributed by atoms with van der Waals surface area (Å²) in [5, 5.41) is 0. The fourth-order valence-electron chi connectivity index (χ4n) is 5.15. The van der Waals surface area contributed by atoms with Crippen molar-refractivity contribution in [1.82, 2.24) is 4.98 Å². The molecular weight excluding hydrogens is 288 g/mol. The van der Waals surface area contributed by atoms with Crippen LogP contribution >= 0.6 is 0 Å². The Labute approximate surface area is 136 Å². The fourth-order valence-corrected chi connectivity index (χ4v) is 5.15. The first-order chi connectivity index (χ1) is 10.9. The number of imide groups is 1. The first kappa shape index (κ1) is 14.6. The molecule has 2 heterocycles. The molecular formula is C19H22N2O2. The SMILES string of the molecule is CC(C)=C1[C@H]2CC[C@@H]1[C@@H]1C(=O)N(c3cc(C)cc(C)n3)C(=O)[C@H]12. The first-order valence-electron chi connectivity index (χ1n) is 8.40. The molecule has 0 unspecified atom stereocenters. The summed E-state index contributed by atoms with van der Waals surface area (Å²) in [6.45, 7) is 8.09. The predicted octanol–water partition coefficient (Wildman–Crippen LogP) is 3.18. The quantitative estimate of drug-likeness (QED) is 0.591. The fraction of sp³-hybridized carbons (Fsp3) is 0.526. The Morgan fingerprint density at radius 1 is 1.04 bits per heavy atom. The summed E-state index contributed by atoms with van der Waals surface area (Å²) in [6, 6.07) is 3.80. The summed E-state index contributed by atoms with van der Waals surface area (Å²) in [5.41, 5.74) is 4.54. The van der Waals surface area contributed by atoms with Crippen LogP contribution in [0, 0.1) is 37.5 Å². The molecule has 4 atom stereocenters. The number of aromatic nitrogens is 1. The van der Waals surface area contributed by atoms with E-state index < -0.39 is 0 Å². The van der Waals surface area contributed by atoms with Crippen molar-refractivity contribution in [3.05, 3.63) is 34.5 Å². The molecule has 4 rings (SSSR count). The Morgan fingerprint density at radius 3 is 2.09 bits per heavy atom. The van der Waals surface area contributed by atoms with E-state index in [0.717, 1.165) is 24.1 Å². The predicted molar refractivity (Wildman–Crippen MR) is 87.8 cm³/mol. The van der Waals surface area contributed by atoms with Crippen molar-refractivity contribution in [2.24, 2.45) is 23.7 Å². The lowest BCUT2D eigenvalue weighted by atomic mass is 9.81. The van der Waals surface area contributed by atoms with Crippen molar-refractivity contribution < 1.29 is 9.59 Å². The van der Waals surface area contributed by atoms with Gasteiger partial charge in [-0.25, -0.2) is 9.88 Å². The van der Waals surface area contributed by atoms with Crippen molar-refractivity contribution >= 4 is 17.6 Å². The van der Waals surface area contributed by atoms with Crippen LogP contribution in [0.3, 0.4) is 0 Å². The number of carbonyl (C=O) groups is 2. The zero-order valence-electron chi connectivity index (χ0n) is 14.1. The number of nitrogens with zero attached hydrogens (tertiary/aromatic N) is 2. The van der Waals surface area contributed by atoms with Crippen molar-refractivity contribution in [2.75, 3.05) is 4.90 Å². The van der Waals surface area contributed by atoms with Gasteiger partial charge in [0, 0.05) is 5.69 Å². The van der Waals surface area contributed by atoms with Gasteiger partial charge in [-0.1, -0.05) is 11.1 Å². The van der Waals surface area contributed by atoms with E-state index in [9.17, 15) is 9.59 Å². The minimum absolute atomic E-state index is 0.0385. The van der Waals surface area contributed by atoms with Crippen molar-refractivity contribution in [3.8, 4) is 0 Å². The average molecular weight is 310 g/mol. The van der Waals surface area contributed by atoms with Crippen LogP contribution in [-0.4, -0.2) is 16.8 Å². The molecule has 2 amide bonds. The van der Waals surface area contributed by atoms with E-state index >= 15 is 0 Å². The number of aryl methyl sites for hydroxylation is 2. The molecule has 0 spiro atoms. The van der Waals surface area contributed by atoms with Gasteiger partial charge in [0.15, 0.2) is 0 Å². The highest BCUT2D eigenvalue weighted by molar-refractivity contribution is 6.22. The third kappa shape index (κ3) is 1.87. The lowest BCUT2D eigenvalue weighted by Crippen LogP contribution is -2.34. The van der Waals surface area contributed by atoms with Crippen LogP contribution in [-0.2, 0) is 9.59 Å². The van der Waals surface area contributed by atoms with E-state index in [1.807, 2.05) is 26.0 Å². The van der Waals surface area contributed by atoms with Gasteiger partial charge >= 0.3 is 0 Å². The zero-order valence-corrected chi connectivity index (χ0v) is 14.1. The van der Waals surface area contributed by atoms with Crippen LogP contribution in [0.5, 0.6) is 0 Å². The van der Waals surface area contributed by atoms with Crippen molar-refractivity contribution in [2.45, 2.75) is 40.5 Å². The Kier molecular flexibility index (Phi) is 3.03. The standard InChI is InChI=1S/C19H22N2O2/c1-9(2)15-12-5-6-13(15)17-16(12)18(22)21(19(17)23)14-8-10(3)7-11(4)20-14/h7-8,12-13,16-17H,5-6H2,1-4H3/t12-,13+,16-,17-/m0/s1. The van der Waals surface area contributed by atoms with E-state index in [1.165, 1.54) is 16.0 Å². The largest absolute Gasteiger partial charge is 0.274 e. The molecule has 3 aliphatic rings. The number of rotatable bonds is 1. The molecule has 4 nitrogen and oxygen atoms in total. The summed E-state index contributed by atoms with van der Waals surface area (Å²) in [6.07, 6.45) is 2.08. The molecule has 0 aromatic carbocycles. The molecule has 1 aromatic rings. The van der Waals surface area contributed by atoms with Crippen LogP contribution in [0.15, 0.2) is 23.3 Å². The van der Waals surface area contributed by atoms with E-state index in [-0.39, 0.29) is 35.5 Å². The van der Waals surface area contributed by atoms with Crippen LogP contribution in [0.25, 0.3) is 0 Å². The summed E-state index contributed by atoms with van der Waals surface area (Å²) < 4.78 is 0. The summed E-state index contributed by atoms with van der Waals surface area (Å²) in [4.78, 5) is 31.8. The maximum absolute atomic E-state index is 13.0. The lowest BCUT2D eigenvalue weighted by Gasteiger charge is -2.19. The third-order valence-corrected chi connectivity index (χ3v) is 5.74. The number of fused-ring (bicyclic) bond motifs is 5. The van der Waals surface area contributed by atoms with Gasteiger partial charge in [-0.15, -0.1) is 0 Å². The Bertz CT molecular complexity index is 708. The van der Waals surface area contributed by atoms with E-state index in [4.69, 9.17) is 0 Å². The number of hydrogen-bond donors (Lipinski definition) is 0. The van der Waals surface area contributed by atoms with E-state index in [2.05, 4.69) is 18.8 Å². The molecule has 1 saturated heterocycles. The summed E-state index contributed by atoms with van der Waals surface area (Å²) >= 11 is 0. The zero-order chi connectivity index (χ0) is 16.5. The number of hydrogen-bond acceptors (Lipinski definition) is 3. The van der Waals surface area contributed by atoms with Gasteiger partial charge in [-0.2, -0.15) is 0 Å². The normalized spacial score (nSPS) is 32.0. The van der Waals surface area contributed by atoms with Gasteiger partial charge in [0.05, 0.1) is 11.8 Å². The Morgan fingerprint density at radius 2 is 1.61 bits per heavy atom. The molecule has 23 heavy (non-hydrogen) atoms. The minimum atomic E-state index is -0.159. The number of amides is 2. The van der Waals surface area contributed by atoms with Crippen molar-refractivity contribution in [3.63, 3.8) is 0 Å². The third-order valence-electron chi connectivity index (χ3n) is 5.74. The van der Waals surface area contributed by atoms with Gasteiger partial charge < -0.3 is 0 Å². The molecule has 3 fully saturated rings. The van der Waals surface area contributed by atoms with Crippen LogP contribution in [0.2, 0.25) is 0 Å². The van der Waals surface area contributed by atoms with Gasteiger partial charge in [0.25, 0.3) is 0 Å². The molecule has 4 heteroatoms. The van der Waals surface area contributed by atoms with Gasteiger partial charge in [-0.05, 0) is 70.1 Å². The highest BCUT2D eigenvalue weighted by Crippen LogP contribution is 2.60. The van der Waals surface area contributed by atoms with Gasteiger partial charge in [0.2, 0.25) is 11.8 Å². The molecule has 2 saturated carbocycles. The number of anilines is 1. The molecule has 2 bridgehead atoms. The van der Waals surface area contributed by atoms with Crippen molar-refractivity contribution in [1.29, 1.82) is 0 Å². The smallest absolute Gasteiger partial charge is 0.239 e. The number of pyridine rings is 1. The average Bonchev–Trinajstić information content (AvgIpc) is 3.08. The van der Waals surface area contributed by atoms with Gasteiger partial charge in [-0.3, -0.25) is 9.59 Å². The maximum atomic E-state index is 13.0. The first-order valence-corrected chi connectivity index (χ1v) is 8.40. The van der Waals surface area contributed by atoms with Gasteiger partial charge in [0.1, 0.15) is 5.82 Å². The van der Waals surface area contributed by atoms with E-state index in [1.54, 1.807) is 0 Å². The minimum Gasteiger partial charge on any atom is -0.274 e. The maximum Gasteiger partial charge on any atom is 0.239 e. The molecule has 120 valence electrons. The van der Waals surface area contributed by atoms with E-state index in [0.29, 0.717) is 5.82 Å². The Hall–Kier alpha value is -1.97. The monoisotopic (exact) mass is 310 g/mol. The van der Waals surface area contributed by atoms with Crippen LogP contribution in [0.1, 0.15) is 37.9 Å². The lowest BCUT2D eigenvalue weighted by molar-refractivity contribution is -0.123. The molecule has 0 N–H and O–H groups in total. The molecule has 0 radical (unpaired) electrons. The number of carbonyl (C=O) groups excluding carboxylic acids is 2. The second-order valence-corrected chi connectivity index (χ2v) is 7.45. The van der Waals surface area contributed by atoms with Crippen LogP contribution in [0.4, 0.5) is 5.82 Å². The Balaban J connectivity index is 1.77. The summed E-state index contributed by atoms with van der Waals surface area (Å²) in [5.74, 6) is 0.643. The molecule has 1 aromatic heterocycles. The second-order valence-electron chi connectivity index (χ2n) is 7.45. The van der Waals surface area contributed by atoms with Crippen LogP contribution < -0.4 is 4.90 Å².